The van der Waals surface area contributed by atoms with Gasteiger partial charge in [0, 0.05) is 16.7 Å². The zero-order valence-electron chi connectivity index (χ0n) is 13.4. The van der Waals surface area contributed by atoms with Crippen LogP contribution in [-0.2, 0) is 17.8 Å². The minimum absolute atomic E-state index is 0.126. The molecule has 0 atom stereocenters. The number of alkyl halides is 15. The lowest BCUT2D eigenvalue weighted by Crippen LogP contribution is -2.40. The summed E-state index contributed by atoms with van der Waals surface area (Å²) in [5.41, 5.74) is -11.0. The Kier molecular flexibility index (Phi) is 5.96. The highest BCUT2D eigenvalue weighted by Crippen LogP contribution is 2.53. The Hall–Kier alpha value is -1.83. The van der Waals surface area contributed by atoms with E-state index in [1.807, 2.05) is 0 Å². The van der Waals surface area contributed by atoms with Gasteiger partial charge in [-0.1, -0.05) is 6.92 Å². The van der Waals surface area contributed by atoms with Crippen LogP contribution in [0.5, 0.6) is 0 Å². The quantitative estimate of drug-likeness (QED) is 0.417. The zero-order valence-corrected chi connectivity index (χ0v) is 13.4. The topological polar surface area (TPSA) is 0 Å². The van der Waals surface area contributed by atoms with Crippen molar-refractivity contribution in [3.63, 3.8) is 0 Å². The molecule has 0 unspecified atom stereocenters. The van der Waals surface area contributed by atoms with Crippen molar-refractivity contribution in [1.82, 2.24) is 0 Å². The predicted molar refractivity (Wildman–Crippen MR) is 65.4 cm³/mol. The van der Waals surface area contributed by atoms with Gasteiger partial charge in [0.2, 0.25) is 0 Å². The summed E-state index contributed by atoms with van der Waals surface area (Å²) in [5.74, 6) is -19.0. The van der Waals surface area contributed by atoms with Crippen LogP contribution in [0.15, 0.2) is 12.1 Å². The zero-order chi connectivity index (χ0) is 23.4. The van der Waals surface area contributed by atoms with E-state index in [4.69, 9.17) is 0 Å². The highest BCUT2D eigenvalue weighted by molar-refractivity contribution is 5.49. The lowest BCUT2D eigenvalue weighted by atomic mass is 9.87. The monoisotopic (exact) mass is 459 g/mol. The number of halogens is 15. The summed E-state index contributed by atoms with van der Waals surface area (Å²) in [5, 5.41) is 0. The maximum Gasteiger partial charge on any atom is 0.458 e. The van der Waals surface area contributed by atoms with Crippen LogP contribution >= 0.6 is 0 Å². The Morgan fingerprint density at radius 3 is 1.00 bits per heavy atom. The van der Waals surface area contributed by atoms with Gasteiger partial charge in [0.15, 0.2) is 0 Å². The van der Waals surface area contributed by atoms with Crippen molar-refractivity contribution in [2.24, 2.45) is 0 Å². The van der Waals surface area contributed by atoms with Crippen molar-refractivity contribution in [3.05, 3.63) is 40.8 Å². The van der Waals surface area contributed by atoms with Gasteiger partial charge in [0.1, 0.15) is 0 Å². The third-order valence-electron chi connectivity index (χ3n) is 3.58. The van der Waals surface area contributed by atoms with Crippen LogP contribution in [0.25, 0.3) is 0 Å². The van der Waals surface area contributed by atoms with Gasteiger partial charge in [-0.2, -0.15) is 65.9 Å². The Labute approximate surface area is 151 Å². The molecular weight excluding hydrogens is 453 g/mol. The van der Waals surface area contributed by atoms with E-state index < -0.39 is 70.7 Å². The standard InChI is InChI=1S/C14H6F15/c1-2-6-7(10(17,18)13(24,25)26)3-5(9(15,16)12(21,22)23)4-8(6)11(19,20)14(27,28)29/h2-4H,1H3. The molecule has 0 saturated carbocycles. The molecule has 0 aliphatic carbocycles. The van der Waals surface area contributed by atoms with E-state index in [2.05, 4.69) is 0 Å². The molecule has 0 saturated heterocycles. The summed E-state index contributed by atoms with van der Waals surface area (Å²) in [6.45, 7) is 0.406. The molecule has 0 bridgehead atoms. The van der Waals surface area contributed by atoms with E-state index >= 15 is 0 Å². The van der Waals surface area contributed by atoms with Crippen LogP contribution in [0.3, 0.4) is 0 Å². The molecule has 0 nitrogen and oxygen atoms in total. The first-order valence-corrected chi connectivity index (χ1v) is 6.86. The maximum absolute atomic E-state index is 13.6. The van der Waals surface area contributed by atoms with Crippen LogP contribution < -0.4 is 0 Å². The van der Waals surface area contributed by atoms with E-state index in [1.54, 1.807) is 0 Å². The summed E-state index contributed by atoms with van der Waals surface area (Å²) in [4.78, 5) is 0. The van der Waals surface area contributed by atoms with Crippen molar-refractivity contribution < 1.29 is 65.9 Å². The lowest BCUT2D eigenvalue weighted by Gasteiger charge is -2.30. The van der Waals surface area contributed by atoms with E-state index in [0.29, 0.717) is 6.92 Å². The average molecular weight is 459 g/mol. The van der Waals surface area contributed by atoms with E-state index in [9.17, 15) is 65.9 Å². The normalized spacial score (nSPS) is 15.0. The second-order valence-corrected chi connectivity index (χ2v) is 5.49. The molecule has 1 aromatic carbocycles. The highest BCUT2D eigenvalue weighted by atomic mass is 19.4. The third kappa shape index (κ3) is 4.09. The number of hydrogen-bond acceptors (Lipinski definition) is 0. The van der Waals surface area contributed by atoms with Gasteiger partial charge in [-0.15, -0.1) is 0 Å². The average Bonchev–Trinajstić information content (AvgIpc) is 2.49. The molecule has 0 aliphatic heterocycles. The summed E-state index contributed by atoms with van der Waals surface area (Å²) < 4.78 is 194. The number of hydrogen-bond donors (Lipinski definition) is 0. The molecule has 0 fully saturated rings. The highest BCUT2D eigenvalue weighted by Gasteiger charge is 2.65. The van der Waals surface area contributed by atoms with Crippen molar-refractivity contribution in [1.29, 1.82) is 0 Å². The Morgan fingerprint density at radius 2 is 0.793 bits per heavy atom. The van der Waals surface area contributed by atoms with Gasteiger partial charge in [-0.3, -0.25) is 0 Å². The van der Waals surface area contributed by atoms with Crippen molar-refractivity contribution in [2.75, 3.05) is 0 Å². The Bertz CT molecular complexity index is 701. The second kappa shape index (κ2) is 6.86. The fourth-order valence-electron chi connectivity index (χ4n) is 2.13. The van der Waals surface area contributed by atoms with Crippen LogP contribution in [0.2, 0.25) is 0 Å². The fraction of sp³-hybridized carbons (Fsp3) is 0.500. The molecule has 0 heterocycles. The van der Waals surface area contributed by atoms with E-state index in [1.165, 1.54) is 0 Å². The molecule has 0 amide bonds. The molecule has 1 aromatic rings. The fourth-order valence-corrected chi connectivity index (χ4v) is 2.13. The van der Waals surface area contributed by atoms with Gasteiger partial charge < -0.3 is 0 Å². The van der Waals surface area contributed by atoms with Crippen LogP contribution in [0.4, 0.5) is 65.9 Å². The van der Waals surface area contributed by atoms with E-state index in [0.717, 1.165) is 0 Å². The van der Waals surface area contributed by atoms with E-state index in [-0.39, 0.29) is 6.42 Å². The number of benzene rings is 1. The first-order valence-electron chi connectivity index (χ1n) is 6.86. The van der Waals surface area contributed by atoms with Gasteiger partial charge in [-0.05, 0) is 24.1 Å². The molecule has 1 rings (SSSR count). The minimum Gasteiger partial charge on any atom is -0.191 e. The largest absolute Gasteiger partial charge is 0.458 e. The number of rotatable bonds is 4. The van der Waals surface area contributed by atoms with Gasteiger partial charge in [0.25, 0.3) is 0 Å². The molecule has 0 N–H and O–H groups in total. The predicted octanol–water partition coefficient (Wildman–Crippen LogP) is 7.22. The molecule has 0 aromatic heterocycles. The minimum atomic E-state index is -6.72. The molecule has 167 valence electrons. The molecule has 0 spiro atoms. The van der Waals surface area contributed by atoms with Gasteiger partial charge in [-0.25, -0.2) is 0 Å². The Balaban J connectivity index is 4.16. The molecule has 0 aliphatic rings. The van der Waals surface area contributed by atoms with Crippen LogP contribution in [0, 0.1) is 6.42 Å². The third-order valence-corrected chi connectivity index (χ3v) is 3.58. The summed E-state index contributed by atoms with van der Waals surface area (Å²) >= 11 is 0. The maximum atomic E-state index is 13.6. The smallest absolute Gasteiger partial charge is 0.191 e. The molecule has 1 radical (unpaired) electrons. The summed E-state index contributed by atoms with van der Waals surface area (Å²) in [6, 6.07) is -2.21. The molecular formula is C14H6F15. The van der Waals surface area contributed by atoms with Gasteiger partial charge >= 0.3 is 36.3 Å². The molecule has 15 heteroatoms. The second-order valence-electron chi connectivity index (χ2n) is 5.49. The summed E-state index contributed by atoms with van der Waals surface area (Å²) in [7, 11) is 0. The lowest BCUT2D eigenvalue weighted by molar-refractivity contribution is -0.295. The Morgan fingerprint density at radius 1 is 0.517 bits per heavy atom. The van der Waals surface area contributed by atoms with Crippen LogP contribution in [-0.4, -0.2) is 18.5 Å². The van der Waals surface area contributed by atoms with Crippen molar-refractivity contribution in [3.8, 4) is 0 Å². The van der Waals surface area contributed by atoms with Crippen molar-refractivity contribution in [2.45, 2.75) is 43.2 Å². The van der Waals surface area contributed by atoms with Gasteiger partial charge in [0.05, 0.1) is 0 Å². The first kappa shape index (κ1) is 25.2. The first-order chi connectivity index (χ1) is 12.5. The summed E-state index contributed by atoms with van der Waals surface area (Å²) in [6.07, 6.45) is -20.3. The van der Waals surface area contributed by atoms with Crippen LogP contribution in [0.1, 0.15) is 29.2 Å². The van der Waals surface area contributed by atoms with Crippen molar-refractivity contribution >= 4 is 0 Å². The SMILES string of the molecule is C[CH]c1c(C(F)(F)C(F)(F)F)cc(C(F)(F)C(F)(F)F)cc1C(F)(F)C(F)(F)F. The molecule has 29 heavy (non-hydrogen) atoms.